The maximum atomic E-state index is 12.4. The van der Waals surface area contributed by atoms with Gasteiger partial charge in [-0.15, -0.1) is 0 Å². The summed E-state index contributed by atoms with van der Waals surface area (Å²) in [6.45, 7) is 5.03. The molecule has 2 saturated heterocycles. The highest BCUT2D eigenvalue weighted by atomic mass is 16.4. The van der Waals surface area contributed by atoms with E-state index in [1.54, 1.807) is 6.20 Å². The van der Waals surface area contributed by atoms with Gasteiger partial charge in [-0.05, 0) is 38.0 Å². The number of piperidine rings is 1. The van der Waals surface area contributed by atoms with Crippen molar-refractivity contribution < 1.29 is 14.7 Å². The molecule has 1 spiro atoms. The van der Waals surface area contributed by atoms with E-state index in [0.29, 0.717) is 12.8 Å². The van der Waals surface area contributed by atoms with Gasteiger partial charge >= 0.3 is 5.97 Å². The molecule has 2 N–H and O–H groups in total. The molecule has 7 nitrogen and oxygen atoms in total. The van der Waals surface area contributed by atoms with Gasteiger partial charge in [0.05, 0.1) is 0 Å². The molecule has 0 aliphatic carbocycles. The average Bonchev–Trinajstić information content (AvgIpc) is 3.15. The second-order valence-electron chi connectivity index (χ2n) is 7.13. The normalized spacial score (nSPS) is 22.9. The summed E-state index contributed by atoms with van der Waals surface area (Å²) >= 11 is 0. The van der Waals surface area contributed by atoms with Crippen LogP contribution in [0, 0.1) is 12.3 Å². The van der Waals surface area contributed by atoms with Crippen LogP contribution < -0.4 is 5.32 Å². The third-order valence-corrected chi connectivity index (χ3v) is 5.55. The summed E-state index contributed by atoms with van der Waals surface area (Å²) in [5, 5.41) is 12.2. The van der Waals surface area contributed by atoms with Crippen molar-refractivity contribution in [1.29, 1.82) is 0 Å². The number of hydrogen-bond donors (Lipinski definition) is 2. The molecule has 0 unspecified atom stereocenters. The zero-order valence-corrected chi connectivity index (χ0v) is 14.2. The van der Waals surface area contributed by atoms with E-state index in [1.807, 2.05) is 18.0 Å². The standard InChI is InChI=1S/C17H26N4O3/c1-13-18-6-10-20(13)7-2-3-15(22)21-8-4-17(5-9-21)11-14(16(23)24)19-12-17/h6,10,14,19H,2-5,7-9,11-12H2,1H3,(H,23,24)/t14-/m1/s1. The van der Waals surface area contributed by atoms with E-state index < -0.39 is 12.0 Å². The van der Waals surface area contributed by atoms with E-state index in [0.717, 1.165) is 51.3 Å². The molecular formula is C17H26N4O3. The number of likely N-dealkylation sites (tertiary alicyclic amines) is 1. The number of carbonyl (C=O) groups excluding carboxylic acids is 1. The van der Waals surface area contributed by atoms with Gasteiger partial charge in [0, 0.05) is 45.0 Å². The summed E-state index contributed by atoms with van der Waals surface area (Å²) in [6, 6.07) is -0.425. The van der Waals surface area contributed by atoms with Crippen LogP contribution in [0.4, 0.5) is 0 Å². The van der Waals surface area contributed by atoms with E-state index in [4.69, 9.17) is 5.11 Å². The predicted octanol–water partition coefficient (Wildman–Crippen LogP) is 1.03. The van der Waals surface area contributed by atoms with Crippen LogP contribution in [0.25, 0.3) is 0 Å². The van der Waals surface area contributed by atoms with Gasteiger partial charge in [0.1, 0.15) is 11.9 Å². The van der Waals surface area contributed by atoms with Gasteiger partial charge in [-0.2, -0.15) is 0 Å². The topological polar surface area (TPSA) is 87.5 Å². The van der Waals surface area contributed by atoms with Gasteiger partial charge in [0.15, 0.2) is 0 Å². The van der Waals surface area contributed by atoms with Gasteiger partial charge in [-0.1, -0.05) is 0 Å². The lowest BCUT2D eigenvalue weighted by atomic mass is 9.76. The number of carboxylic acids is 1. The van der Waals surface area contributed by atoms with E-state index in [1.165, 1.54) is 0 Å². The van der Waals surface area contributed by atoms with Crippen molar-refractivity contribution >= 4 is 11.9 Å². The van der Waals surface area contributed by atoms with Crippen molar-refractivity contribution in [2.24, 2.45) is 5.41 Å². The second kappa shape index (κ2) is 6.93. The van der Waals surface area contributed by atoms with E-state index in [-0.39, 0.29) is 11.3 Å². The Morgan fingerprint density at radius 3 is 2.75 bits per heavy atom. The first-order valence-electron chi connectivity index (χ1n) is 8.71. The first-order valence-corrected chi connectivity index (χ1v) is 8.71. The first kappa shape index (κ1) is 17.0. The van der Waals surface area contributed by atoms with Crippen LogP contribution in [0.5, 0.6) is 0 Å². The molecular weight excluding hydrogens is 308 g/mol. The van der Waals surface area contributed by atoms with Crippen LogP contribution in [0.3, 0.4) is 0 Å². The molecule has 1 amide bonds. The van der Waals surface area contributed by atoms with Gasteiger partial charge in [0.2, 0.25) is 5.91 Å². The number of aromatic nitrogens is 2. The molecule has 0 bridgehead atoms. The Morgan fingerprint density at radius 1 is 1.42 bits per heavy atom. The Labute approximate surface area is 142 Å². The van der Waals surface area contributed by atoms with Crippen LogP contribution in [-0.2, 0) is 16.1 Å². The minimum atomic E-state index is -0.764. The molecule has 24 heavy (non-hydrogen) atoms. The number of carbonyl (C=O) groups is 2. The molecule has 7 heteroatoms. The molecule has 2 fully saturated rings. The van der Waals surface area contributed by atoms with Crippen LogP contribution >= 0.6 is 0 Å². The molecule has 1 atom stereocenters. The fourth-order valence-corrected chi connectivity index (χ4v) is 3.90. The molecule has 1 aromatic heterocycles. The van der Waals surface area contributed by atoms with Crippen LogP contribution in [0.15, 0.2) is 12.4 Å². The van der Waals surface area contributed by atoms with Crippen LogP contribution in [0.1, 0.15) is 37.9 Å². The van der Waals surface area contributed by atoms with Gasteiger partial charge in [-0.25, -0.2) is 4.98 Å². The van der Waals surface area contributed by atoms with Crippen molar-refractivity contribution in [1.82, 2.24) is 19.8 Å². The largest absolute Gasteiger partial charge is 0.480 e. The zero-order chi connectivity index (χ0) is 17.2. The monoisotopic (exact) mass is 334 g/mol. The number of aryl methyl sites for hydroxylation is 2. The molecule has 0 saturated carbocycles. The predicted molar refractivity (Wildman–Crippen MR) is 88.5 cm³/mol. The maximum absolute atomic E-state index is 12.4. The Bertz CT molecular complexity index is 605. The van der Waals surface area contributed by atoms with Crippen molar-refractivity contribution in [2.45, 2.75) is 51.6 Å². The highest BCUT2D eigenvalue weighted by Gasteiger charge is 2.43. The summed E-state index contributed by atoms with van der Waals surface area (Å²) in [6.07, 6.45) is 7.58. The van der Waals surface area contributed by atoms with Gasteiger partial charge in [0.25, 0.3) is 0 Å². The highest BCUT2D eigenvalue weighted by Crippen LogP contribution is 2.39. The second-order valence-corrected chi connectivity index (χ2v) is 7.13. The number of amides is 1. The lowest BCUT2D eigenvalue weighted by molar-refractivity contribution is -0.139. The van der Waals surface area contributed by atoms with E-state index in [9.17, 15) is 9.59 Å². The lowest BCUT2D eigenvalue weighted by Gasteiger charge is -2.39. The summed E-state index contributed by atoms with van der Waals surface area (Å²) in [4.78, 5) is 29.6. The SMILES string of the molecule is Cc1nccn1CCCC(=O)N1CCC2(CC1)CN[C@@H](C(=O)O)C2. The molecule has 2 aliphatic rings. The molecule has 1 aromatic rings. The summed E-state index contributed by atoms with van der Waals surface area (Å²) in [5.74, 6) is 0.424. The van der Waals surface area contributed by atoms with Crippen LogP contribution in [0.2, 0.25) is 0 Å². The lowest BCUT2D eigenvalue weighted by Crippen LogP contribution is -2.44. The number of nitrogens with one attached hydrogen (secondary N) is 1. The minimum absolute atomic E-state index is 0.0633. The molecule has 0 aromatic carbocycles. The molecule has 0 radical (unpaired) electrons. The van der Waals surface area contributed by atoms with Crippen molar-refractivity contribution in [3.8, 4) is 0 Å². The number of imidazole rings is 1. The van der Waals surface area contributed by atoms with Gasteiger partial charge < -0.3 is 19.9 Å². The van der Waals surface area contributed by atoms with E-state index in [2.05, 4.69) is 14.9 Å². The Morgan fingerprint density at radius 2 is 2.17 bits per heavy atom. The molecule has 3 heterocycles. The highest BCUT2D eigenvalue weighted by molar-refractivity contribution is 5.76. The Kier molecular flexibility index (Phi) is 4.89. The molecule has 3 rings (SSSR count). The minimum Gasteiger partial charge on any atom is -0.480 e. The first-order chi connectivity index (χ1) is 11.5. The third kappa shape index (κ3) is 3.61. The van der Waals surface area contributed by atoms with Crippen molar-refractivity contribution in [2.75, 3.05) is 19.6 Å². The van der Waals surface area contributed by atoms with Crippen LogP contribution in [-0.4, -0.2) is 57.1 Å². The summed E-state index contributed by atoms with van der Waals surface area (Å²) in [7, 11) is 0. The van der Waals surface area contributed by atoms with E-state index >= 15 is 0 Å². The number of hydrogen-bond acceptors (Lipinski definition) is 4. The fourth-order valence-electron chi connectivity index (χ4n) is 3.90. The third-order valence-electron chi connectivity index (χ3n) is 5.55. The quantitative estimate of drug-likeness (QED) is 0.840. The van der Waals surface area contributed by atoms with Crippen molar-refractivity contribution in [3.05, 3.63) is 18.2 Å². The number of aliphatic carboxylic acids is 1. The summed E-state index contributed by atoms with van der Waals surface area (Å²) in [5.41, 5.74) is 0.0633. The summed E-state index contributed by atoms with van der Waals surface area (Å²) < 4.78 is 2.06. The van der Waals surface area contributed by atoms with Gasteiger partial charge in [-0.3, -0.25) is 9.59 Å². The zero-order valence-electron chi connectivity index (χ0n) is 14.2. The Hall–Kier alpha value is -1.89. The molecule has 2 aliphatic heterocycles. The van der Waals surface area contributed by atoms with Crippen molar-refractivity contribution in [3.63, 3.8) is 0 Å². The number of nitrogens with zero attached hydrogens (tertiary/aromatic N) is 3. The number of rotatable bonds is 5. The smallest absolute Gasteiger partial charge is 0.320 e. The Balaban J connectivity index is 1.42. The molecule has 132 valence electrons. The number of carboxylic acid groups (broad SMARTS) is 1. The maximum Gasteiger partial charge on any atom is 0.320 e. The fraction of sp³-hybridized carbons (Fsp3) is 0.706. The average molecular weight is 334 g/mol.